The lowest BCUT2D eigenvalue weighted by molar-refractivity contribution is 0.0754. The fourth-order valence-corrected chi connectivity index (χ4v) is 2.56. The van der Waals surface area contributed by atoms with Crippen LogP contribution in [0.1, 0.15) is 15.9 Å². The number of carbonyl (C=O) groups excluding carboxylic acids is 1. The Bertz CT molecular complexity index is 616. The normalized spacial score (nSPS) is 10.4. The summed E-state index contributed by atoms with van der Waals surface area (Å²) in [5.74, 6) is 0.184. The molecule has 1 amide bonds. The van der Waals surface area contributed by atoms with Crippen molar-refractivity contribution < 1.29 is 4.79 Å². The van der Waals surface area contributed by atoms with Gasteiger partial charge in [-0.2, -0.15) is 0 Å². The molecule has 0 saturated heterocycles. The van der Waals surface area contributed by atoms with Gasteiger partial charge in [-0.05, 0) is 23.8 Å². The highest BCUT2D eigenvalue weighted by atomic mass is 35.5. The number of halogens is 3. The molecule has 0 unspecified atom stereocenters. The van der Waals surface area contributed by atoms with Crippen molar-refractivity contribution >= 4 is 40.7 Å². The summed E-state index contributed by atoms with van der Waals surface area (Å²) in [5.41, 5.74) is 1.43. The van der Waals surface area contributed by atoms with E-state index in [1.54, 1.807) is 23.1 Å². The molecular formula is C16H14Cl3NO. The first kappa shape index (κ1) is 16.2. The molecule has 0 aliphatic rings. The number of benzene rings is 2. The summed E-state index contributed by atoms with van der Waals surface area (Å²) in [4.78, 5) is 14.3. The first-order valence-electron chi connectivity index (χ1n) is 6.46. The molecule has 0 heterocycles. The Hall–Kier alpha value is -1.22. The topological polar surface area (TPSA) is 20.3 Å². The highest BCUT2D eigenvalue weighted by Gasteiger charge is 2.18. The second-order valence-electron chi connectivity index (χ2n) is 4.53. The molecule has 0 aromatic heterocycles. The largest absolute Gasteiger partial charge is 0.333 e. The Morgan fingerprint density at radius 2 is 1.76 bits per heavy atom. The van der Waals surface area contributed by atoms with Crippen LogP contribution in [0.5, 0.6) is 0 Å². The Morgan fingerprint density at radius 3 is 2.43 bits per heavy atom. The van der Waals surface area contributed by atoms with Crippen molar-refractivity contribution in [3.8, 4) is 0 Å². The van der Waals surface area contributed by atoms with Crippen LogP contribution in [0.4, 0.5) is 0 Å². The molecule has 2 aromatic carbocycles. The SMILES string of the molecule is O=C(c1cc(Cl)ccc1Cl)N(CCCl)Cc1ccccc1. The van der Waals surface area contributed by atoms with E-state index < -0.39 is 0 Å². The van der Waals surface area contributed by atoms with Crippen molar-refractivity contribution in [1.82, 2.24) is 4.90 Å². The number of nitrogens with zero attached hydrogens (tertiary/aromatic N) is 1. The molecular weight excluding hydrogens is 329 g/mol. The summed E-state index contributed by atoms with van der Waals surface area (Å²) in [7, 11) is 0. The van der Waals surface area contributed by atoms with Crippen LogP contribution in [-0.2, 0) is 6.54 Å². The molecule has 0 spiro atoms. The van der Waals surface area contributed by atoms with Crippen LogP contribution in [0.2, 0.25) is 10.0 Å². The van der Waals surface area contributed by atoms with E-state index in [4.69, 9.17) is 34.8 Å². The third-order valence-electron chi connectivity index (χ3n) is 3.02. The first-order valence-corrected chi connectivity index (χ1v) is 7.75. The van der Waals surface area contributed by atoms with Gasteiger partial charge in [0.05, 0.1) is 10.6 Å². The Kier molecular flexibility index (Phi) is 5.92. The molecule has 0 atom stereocenters. The zero-order chi connectivity index (χ0) is 15.2. The van der Waals surface area contributed by atoms with Crippen molar-refractivity contribution in [2.75, 3.05) is 12.4 Å². The van der Waals surface area contributed by atoms with Gasteiger partial charge in [0.25, 0.3) is 5.91 Å². The lowest BCUT2D eigenvalue weighted by Crippen LogP contribution is -2.32. The van der Waals surface area contributed by atoms with Gasteiger partial charge in [-0.3, -0.25) is 4.79 Å². The van der Waals surface area contributed by atoms with Crippen LogP contribution in [0.25, 0.3) is 0 Å². The van der Waals surface area contributed by atoms with Crippen LogP contribution in [0, 0.1) is 0 Å². The molecule has 0 radical (unpaired) electrons. The van der Waals surface area contributed by atoms with Gasteiger partial charge in [0.1, 0.15) is 0 Å². The van der Waals surface area contributed by atoms with Crippen molar-refractivity contribution in [3.63, 3.8) is 0 Å². The maximum atomic E-state index is 12.6. The highest BCUT2D eigenvalue weighted by molar-refractivity contribution is 6.35. The zero-order valence-electron chi connectivity index (χ0n) is 11.2. The minimum atomic E-state index is -0.174. The van der Waals surface area contributed by atoms with E-state index in [0.29, 0.717) is 34.6 Å². The van der Waals surface area contributed by atoms with E-state index in [-0.39, 0.29) is 5.91 Å². The predicted octanol–water partition coefficient (Wildman–Crippen LogP) is 4.87. The average Bonchev–Trinajstić information content (AvgIpc) is 2.49. The van der Waals surface area contributed by atoms with E-state index >= 15 is 0 Å². The van der Waals surface area contributed by atoms with Crippen LogP contribution in [0.15, 0.2) is 48.5 Å². The van der Waals surface area contributed by atoms with E-state index in [2.05, 4.69) is 0 Å². The van der Waals surface area contributed by atoms with Gasteiger partial charge in [0.2, 0.25) is 0 Å². The molecule has 2 nitrogen and oxygen atoms in total. The van der Waals surface area contributed by atoms with E-state index in [1.165, 1.54) is 0 Å². The second kappa shape index (κ2) is 7.69. The predicted molar refractivity (Wildman–Crippen MR) is 88.4 cm³/mol. The molecule has 0 N–H and O–H groups in total. The van der Waals surface area contributed by atoms with Gasteiger partial charge in [0.15, 0.2) is 0 Å². The van der Waals surface area contributed by atoms with Crippen LogP contribution in [-0.4, -0.2) is 23.2 Å². The van der Waals surface area contributed by atoms with Crippen molar-refractivity contribution in [3.05, 3.63) is 69.7 Å². The number of amides is 1. The average molecular weight is 343 g/mol. The van der Waals surface area contributed by atoms with Crippen molar-refractivity contribution in [2.45, 2.75) is 6.54 Å². The molecule has 5 heteroatoms. The number of carbonyl (C=O) groups is 1. The van der Waals surface area contributed by atoms with Gasteiger partial charge in [-0.15, -0.1) is 11.6 Å². The third-order valence-corrected chi connectivity index (χ3v) is 3.75. The minimum absolute atomic E-state index is 0.174. The summed E-state index contributed by atoms with van der Waals surface area (Å²) >= 11 is 17.9. The number of alkyl halides is 1. The third kappa shape index (κ3) is 4.37. The van der Waals surface area contributed by atoms with E-state index in [9.17, 15) is 4.79 Å². The summed E-state index contributed by atoms with van der Waals surface area (Å²) in [5, 5.41) is 0.866. The first-order chi connectivity index (χ1) is 10.1. The smallest absolute Gasteiger partial charge is 0.255 e. The molecule has 0 fully saturated rings. The van der Waals surface area contributed by atoms with E-state index in [0.717, 1.165) is 5.56 Å². The van der Waals surface area contributed by atoms with Gasteiger partial charge in [-0.25, -0.2) is 0 Å². The Morgan fingerprint density at radius 1 is 1.05 bits per heavy atom. The Balaban J connectivity index is 2.25. The molecule has 110 valence electrons. The van der Waals surface area contributed by atoms with E-state index in [1.807, 2.05) is 30.3 Å². The standard InChI is InChI=1S/C16H14Cl3NO/c17-8-9-20(11-12-4-2-1-3-5-12)16(21)14-10-13(18)6-7-15(14)19/h1-7,10H,8-9,11H2. The molecule has 0 saturated carbocycles. The molecule has 21 heavy (non-hydrogen) atoms. The Labute approximate surface area is 139 Å². The molecule has 0 aliphatic heterocycles. The quantitative estimate of drug-likeness (QED) is 0.710. The lowest BCUT2D eigenvalue weighted by Gasteiger charge is -2.22. The van der Waals surface area contributed by atoms with Crippen LogP contribution >= 0.6 is 34.8 Å². The molecule has 0 aliphatic carbocycles. The van der Waals surface area contributed by atoms with Gasteiger partial charge < -0.3 is 4.90 Å². The summed E-state index contributed by atoms with van der Waals surface area (Å²) < 4.78 is 0. The van der Waals surface area contributed by atoms with Crippen LogP contribution < -0.4 is 0 Å². The monoisotopic (exact) mass is 341 g/mol. The number of hydrogen-bond donors (Lipinski definition) is 0. The number of rotatable bonds is 5. The second-order valence-corrected chi connectivity index (χ2v) is 5.75. The zero-order valence-corrected chi connectivity index (χ0v) is 13.5. The molecule has 2 rings (SSSR count). The van der Waals surface area contributed by atoms with Crippen molar-refractivity contribution in [2.24, 2.45) is 0 Å². The molecule has 0 bridgehead atoms. The minimum Gasteiger partial charge on any atom is -0.333 e. The maximum Gasteiger partial charge on any atom is 0.255 e. The van der Waals surface area contributed by atoms with Gasteiger partial charge in [0, 0.05) is 24.0 Å². The lowest BCUT2D eigenvalue weighted by atomic mass is 10.1. The highest BCUT2D eigenvalue weighted by Crippen LogP contribution is 2.23. The van der Waals surface area contributed by atoms with Gasteiger partial charge >= 0.3 is 0 Å². The molecule has 2 aromatic rings. The van der Waals surface area contributed by atoms with Gasteiger partial charge in [-0.1, -0.05) is 53.5 Å². The van der Waals surface area contributed by atoms with Crippen molar-refractivity contribution in [1.29, 1.82) is 0 Å². The summed E-state index contributed by atoms with van der Waals surface area (Å²) in [6.45, 7) is 0.924. The fourth-order valence-electron chi connectivity index (χ4n) is 1.99. The fraction of sp³-hybridized carbons (Fsp3) is 0.188. The van der Waals surface area contributed by atoms with Crippen LogP contribution in [0.3, 0.4) is 0 Å². The summed E-state index contributed by atoms with van der Waals surface area (Å²) in [6, 6.07) is 14.6. The number of hydrogen-bond acceptors (Lipinski definition) is 1. The maximum absolute atomic E-state index is 12.6. The summed E-state index contributed by atoms with van der Waals surface area (Å²) in [6.07, 6.45) is 0.